The molecule has 0 saturated carbocycles. The third-order valence-electron chi connectivity index (χ3n) is 5.31. The van der Waals surface area contributed by atoms with Gasteiger partial charge in [0, 0.05) is 16.9 Å². The molecular weight excluding hydrogens is 466 g/mol. The first-order valence-electron chi connectivity index (χ1n) is 11.0. The van der Waals surface area contributed by atoms with E-state index in [1.807, 2.05) is 39.0 Å². The smallest absolute Gasteiger partial charge is 0.283 e. The second kappa shape index (κ2) is 10.0. The number of hydrogen-bond donors (Lipinski definition) is 2. The van der Waals surface area contributed by atoms with Crippen molar-refractivity contribution in [3.05, 3.63) is 94.1 Å². The normalized spacial score (nSPS) is 13.3. The largest absolute Gasteiger partial charge is 0.494 e. The van der Waals surface area contributed by atoms with E-state index in [1.54, 1.807) is 48.5 Å². The number of carbonyl (C=O) groups excluding carboxylic acids is 3. The van der Waals surface area contributed by atoms with Crippen molar-refractivity contribution in [2.24, 2.45) is 0 Å². The van der Waals surface area contributed by atoms with E-state index in [0.717, 1.165) is 16.0 Å². The summed E-state index contributed by atoms with van der Waals surface area (Å²) < 4.78 is 5.41. The van der Waals surface area contributed by atoms with Gasteiger partial charge in [-0.25, -0.2) is 4.90 Å². The van der Waals surface area contributed by atoms with E-state index >= 15 is 0 Å². The molecule has 0 atom stereocenters. The number of nitrogens with one attached hydrogen (secondary N) is 2. The predicted molar refractivity (Wildman–Crippen MR) is 137 cm³/mol. The molecule has 178 valence electrons. The molecule has 0 radical (unpaired) electrons. The van der Waals surface area contributed by atoms with Gasteiger partial charge < -0.3 is 15.4 Å². The second-order valence-corrected chi connectivity index (χ2v) is 8.48. The van der Waals surface area contributed by atoms with Gasteiger partial charge in [0.25, 0.3) is 17.7 Å². The molecule has 1 aliphatic heterocycles. The minimum Gasteiger partial charge on any atom is -0.494 e. The Balaban J connectivity index is 1.51. The molecule has 0 spiro atoms. The van der Waals surface area contributed by atoms with Crippen molar-refractivity contribution in [1.29, 1.82) is 0 Å². The quantitative estimate of drug-likeness (QED) is 0.434. The molecule has 0 bridgehead atoms. The Morgan fingerprint density at radius 2 is 1.60 bits per heavy atom. The number of carbonyl (C=O) groups is 3. The van der Waals surface area contributed by atoms with E-state index in [9.17, 15) is 14.4 Å². The molecule has 0 aliphatic carbocycles. The molecule has 35 heavy (non-hydrogen) atoms. The van der Waals surface area contributed by atoms with Crippen LogP contribution in [-0.4, -0.2) is 24.3 Å². The number of aryl methyl sites for hydroxylation is 2. The zero-order chi connectivity index (χ0) is 25.1. The van der Waals surface area contributed by atoms with Crippen LogP contribution < -0.4 is 20.3 Å². The molecule has 0 aromatic heterocycles. The number of rotatable bonds is 7. The summed E-state index contributed by atoms with van der Waals surface area (Å²) in [6.07, 6.45) is 0. The molecule has 1 heterocycles. The zero-order valence-corrected chi connectivity index (χ0v) is 20.3. The Labute approximate surface area is 208 Å². The van der Waals surface area contributed by atoms with E-state index < -0.39 is 11.8 Å². The van der Waals surface area contributed by atoms with Crippen LogP contribution in [0.5, 0.6) is 5.75 Å². The van der Waals surface area contributed by atoms with Crippen molar-refractivity contribution in [2.45, 2.75) is 20.8 Å². The van der Waals surface area contributed by atoms with E-state index in [-0.39, 0.29) is 16.6 Å². The molecule has 3 amide bonds. The molecule has 3 aromatic carbocycles. The van der Waals surface area contributed by atoms with Gasteiger partial charge in [0.05, 0.1) is 12.3 Å². The predicted octanol–water partition coefficient (Wildman–Crippen LogP) is 5.39. The molecule has 7 nitrogen and oxygen atoms in total. The highest BCUT2D eigenvalue weighted by Gasteiger charge is 2.39. The summed E-state index contributed by atoms with van der Waals surface area (Å²) in [6, 6.07) is 19.0. The second-order valence-electron chi connectivity index (χ2n) is 8.10. The maximum Gasteiger partial charge on any atom is 0.283 e. The summed E-state index contributed by atoms with van der Waals surface area (Å²) in [5.74, 6) is -0.895. The van der Waals surface area contributed by atoms with E-state index in [0.29, 0.717) is 35.0 Å². The summed E-state index contributed by atoms with van der Waals surface area (Å²) in [5.41, 5.74) is 3.92. The van der Waals surface area contributed by atoms with Crippen molar-refractivity contribution in [3.63, 3.8) is 0 Å². The molecule has 0 fully saturated rings. The standard InChI is InChI=1S/C27H24ClN3O4/c1-4-35-22-10-8-21(9-11-22)31-26(33)23(28)24(27(31)34)29-19-7-5-6-18(15-19)25(32)30-20-13-16(2)12-17(3)14-20/h5-15,29H,4H2,1-3H3,(H,30,32). The fourth-order valence-corrected chi connectivity index (χ4v) is 4.05. The number of anilines is 3. The lowest BCUT2D eigenvalue weighted by molar-refractivity contribution is -0.120. The van der Waals surface area contributed by atoms with Crippen molar-refractivity contribution >= 4 is 46.4 Å². The van der Waals surface area contributed by atoms with Crippen LogP contribution in [0.25, 0.3) is 0 Å². The fraction of sp³-hybridized carbons (Fsp3) is 0.148. The fourth-order valence-electron chi connectivity index (χ4n) is 3.84. The van der Waals surface area contributed by atoms with Crippen molar-refractivity contribution in [2.75, 3.05) is 22.1 Å². The Morgan fingerprint density at radius 3 is 2.26 bits per heavy atom. The van der Waals surface area contributed by atoms with Crippen LogP contribution in [-0.2, 0) is 9.59 Å². The van der Waals surface area contributed by atoms with Crippen LogP contribution in [0, 0.1) is 13.8 Å². The number of ether oxygens (including phenoxy) is 1. The molecule has 0 unspecified atom stereocenters. The number of amides is 3. The number of benzene rings is 3. The third kappa shape index (κ3) is 5.20. The average molecular weight is 490 g/mol. The van der Waals surface area contributed by atoms with Gasteiger partial charge in [0.2, 0.25) is 0 Å². The van der Waals surface area contributed by atoms with Crippen LogP contribution in [0.3, 0.4) is 0 Å². The zero-order valence-electron chi connectivity index (χ0n) is 19.5. The number of nitrogens with zero attached hydrogens (tertiary/aromatic N) is 1. The lowest BCUT2D eigenvalue weighted by Gasteiger charge is -2.16. The molecular formula is C27H24ClN3O4. The van der Waals surface area contributed by atoms with Gasteiger partial charge in [-0.1, -0.05) is 23.7 Å². The van der Waals surface area contributed by atoms with Crippen LogP contribution >= 0.6 is 11.6 Å². The molecule has 2 N–H and O–H groups in total. The molecule has 1 aliphatic rings. The molecule has 4 rings (SSSR count). The third-order valence-corrected chi connectivity index (χ3v) is 5.66. The van der Waals surface area contributed by atoms with Gasteiger partial charge in [-0.2, -0.15) is 0 Å². The topological polar surface area (TPSA) is 87.7 Å². The minimum atomic E-state index is -0.632. The van der Waals surface area contributed by atoms with Crippen molar-refractivity contribution in [3.8, 4) is 5.75 Å². The van der Waals surface area contributed by atoms with E-state index in [1.165, 1.54) is 0 Å². The van der Waals surface area contributed by atoms with Gasteiger partial charge in [0.1, 0.15) is 16.5 Å². The van der Waals surface area contributed by atoms with E-state index in [2.05, 4.69) is 10.6 Å². The summed E-state index contributed by atoms with van der Waals surface area (Å²) in [4.78, 5) is 39.6. The monoisotopic (exact) mass is 489 g/mol. The highest BCUT2D eigenvalue weighted by molar-refractivity contribution is 6.53. The summed E-state index contributed by atoms with van der Waals surface area (Å²) in [7, 11) is 0. The lowest BCUT2D eigenvalue weighted by atomic mass is 10.1. The molecule has 3 aromatic rings. The first kappa shape index (κ1) is 24.0. The molecule has 0 saturated heterocycles. The minimum absolute atomic E-state index is 0.0579. The van der Waals surface area contributed by atoms with Crippen LogP contribution in [0.1, 0.15) is 28.4 Å². The maximum atomic E-state index is 13.1. The molecule has 8 heteroatoms. The number of hydrogen-bond acceptors (Lipinski definition) is 5. The summed E-state index contributed by atoms with van der Waals surface area (Å²) in [6.45, 7) is 6.29. The number of halogens is 1. The van der Waals surface area contributed by atoms with Gasteiger partial charge in [0.15, 0.2) is 0 Å². The lowest BCUT2D eigenvalue weighted by Crippen LogP contribution is -2.32. The highest BCUT2D eigenvalue weighted by Crippen LogP contribution is 2.31. The van der Waals surface area contributed by atoms with Crippen LogP contribution in [0.2, 0.25) is 0 Å². The van der Waals surface area contributed by atoms with Crippen LogP contribution in [0.15, 0.2) is 77.5 Å². The van der Waals surface area contributed by atoms with Gasteiger partial charge >= 0.3 is 0 Å². The highest BCUT2D eigenvalue weighted by atomic mass is 35.5. The summed E-state index contributed by atoms with van der Waals surface area (Å²) >= 11 is 6.24. The maximum absolute atomic E-state index is 13.1. The Bertz CT molecular complexity index is 1330. The first-order chi connectivity index (χ1) is 16.8. The SMILES string of the molecule is CCOc1ccc(N2C(=O)C(Cl)=C(Nc3cccc(C(=O)Nc4cc(C)cc(C)c4)c3)C2=O)cc1. The Hall–Kier alpha value is -4.10. The van der Waals surface area contributed by atoms with Crippen LogP contribution in [0.4, 0.5) is 17.1 Å². The van der Waals surface area contributed by atoms with Gasteiger partial charge in [-0.05, 0) is 86.5 Å². The number of imide groups is 1. The van der Waals surface area contributed by atoms with Gasteiger partial charge in [-0.3, -0.25) is 14.4 Å². The van der Waals surface area contributed by atoms with Crippen molar-refractivity contribution in [1.82, 2.24) is 0 Å². The van der Waals surface area contributed by atoms with Gasteiger partial charge in [-0.15, -0.1) is 0 Å². The summed E-state index contributed by atoms with van der Waals surface area (Å²) in [5, 5.41) is 5.57. The van der Waals surface area contributed by atoms with E-state index in [4.69, 9.17) is 16.3 Å². The average Bonchev–Trinajstić information content (AvgIpc) is 3.02. The Kier molecular flexibility index (Phi) is 6.89. The Morgan fingerprint density at radius 1 is 0.914 bits per heavy atom. The first-order valence-corrected chi connectivity index (χ1v) is 11.4. The van der Waals surface area contributed by atoms with Crippen molar-refractivity contribution < 1.29 is 19.1 Å².